The number of anilines is 1. The van der Waals surface area contributed by atoms with E-state index in [-0.39, 0.29) is 17.3 Å². The van der Waals surface area contributed by atoms with Gasteiger partial charge in [0.05, 0.1) is 4.92 Å². The van der Waals surface area contributed by atoms with Crippen molar-refractivity contribution in [3.05, 3.63) is 34.4 Å². The molecule has 0 saturated heterocycles. The fourth-order valence-electron chi connectivity index (χ4n) is 0.654. The zero-order valence-electron chi connectivity index (χ0n) is 8.25. The summed E-state index contributed by atoms with van der Waals surface area (Å²) in [7, 11) is 1.54. The van der Waals surface area contributed by atoms with E-state index in [0.29, 0.717) is 0 Å². The molecule has 0 aliphatic heterocycles. The zero-order chi connectivity index (χ0) is 11.8. The molecule has 6 N–H and O–H groups in total. The highest BCUT2D eigenvalue weighted by Gasteiger charge is 2.07. The Morgan fingerprint density at radius 2 is 1.87 bits per heavy atom. The van der Waals surface area contributed by atoms with Gasteiger partial charge in [0.15, 0.2) is 5.96 Å². The molecule has 82 valence electrons. The highest BCUT2D eigenvalue weighted by Crippen LogP contribution is 2.18. The summed E-state index contributed by atoms with van der Waals surface area (Å²) in [6.07, 6.45) is 0. The van der Waals surface area contributed by atoms with Gasteiger partial charge in [-0.3, -0.25) is 15.1 Å². The minimum absolute atomic E-state index is 0.0394. The predicted molar refractivity (Wildman–Crippen MR) is 59.2 cm³/mol. The lowest BCUT2D eigenvalue weighted by molar-refractivity contribution is -0.383. The molecule has 0 bridgehead atoms. The van der Waals surface area contributed by atoms with Crippen LogP contribution in [-0.2, 0) is 0 Å². The van der Waals surface area contributed by atoms with Gasteiger partial charge < -0.3 is 17.2 Å². The molecule has 0 amide bonds. The standard InChI is InChI=1S/C6H6N2O2.C2H7N3/c7-5-3-1-2-4-6(5)8(9)10;1-5-2(3)4/h1-4H,7H2;1H3,(H4,3,4,5). The van der Waals surface area contributed by atoms with Crippen LogP contribution in [0.4, 0.5) is 11.4 Å². The lowest BCUT2D eigenvalue weighted by Gasteiger charge is -1.92. The van der Waals surface area contributed by atoms with Crippen LogP contribution in [0, 0.1) is 10.1 Å². The molecular weight excluding hydrogens is 198 g/mol. The van der Waals surface area contributed by atoms with E-state index in [0.717, 1.165) is 0 Å². The number of hydrogen-bond donors (Lipinski definition) is 3. The predicted octanol–water partition coefficient (Wildman–Crippen LogP) is 0.0666. The molecule has 0 aliphatic carbocycles. The number of benzene rings is 1. The molecule has 7 nitrogen and oxygen atoms in total. The first-order valence-corrected chi connectivity index (χ1v) is 3.95. The van der Waals surface area contributed by atoms with Gasteiger partial charge in [-0.1, -0.05) is 12.1 Å². The molecule has 0 fully saturated rings. The van der Waals surface area contributed by atoms with E-state index in [9.17, 15) is 10.1 Å². The van der Waals surface area contributed by atoms with Crippen molar-refractivity contribution in [3.8, 4) is 0 Å². The number of nitrogens with two attached hydrogens (primary N) is 3. The first kappa shape index (κ1) is 12.7. The lowest BCUT2D eigenvalue weighted by Crippen LogP contribution is -2.21. The maximum Gasteiger partial charge on any atom is 0.292 e. The summed E-state index contributed by atoms with van der Waals surface area (Å²) < 4.78 is 0. The van der Waals surface area contributed by atoms with E-state index in [1.165, 1.54) is 19.2 Å². The van der Waals surface area contributed by atoms with Gasteiger partial charge in [0.2, 0.25) is 0 Å². The highest BCUT2D eigenvalue weighted by molar-refractivity contribution is 5.75. The van der Waals surface area contributed by atoms with Crippen molar-refractivity contribution in [2.24, 2.45) is 16.5 Å². The van der Waals surface area contributed by atoms with Gasteiger partial charge in [0.25, 0.3) is 5.69 Å². The number of aliphatic imine (C=N–C) groups is 1. The van der Waals surface area contributed by atoms with Crippen LogP contribution < -0.4 is 17.2 Å². The number of hydrogen-bond acceptors (Lipinski definition) is 4. The Kier molecular flexibility index (Phi) is 5.24. The van der Waals surface area contributed by atoms with Crippen LogP contribution in [0.25, 0.3) is 0 Å². The molecular formula is C8H13N5O2. The van der Waals surface area contributed by atoms with E-state index in [1.54, 1.807) is 12.1 Å². The van der Waals surface area contributed by atoms with Gasteiger partial charge in [-0.2, -0.15) is 0 Å². The molecule has 0 aliphatic rings. The van der Waals surface area contributed by atoms with Gasteiger partial charge in [-0.25, -0.2) is 0 Å². The fourth-order valence-corrected chi connectivity index (χ4v) is 0.654. The number of nitro groups is 1. The summed E-state index contributed by atoms with van der Waals surface area (Å²) in [5.74, 6) is 0.130. The maximum absolute atomic E-state index is 10.1. The van der Waals surface area contributed by atoms with E-state index < -0.39 is 4.92 Å². The fraction of sp³-hybridized carbons (Fsp3) is 0.125. The Bertz CT molecular complexity index is 360. The van der Waals surface area contributed by atoms with E-state index in [4.69, 9.17) is 17.2 Å². The molecule has 7 heteroatoms. The van der Waals surface area contributed by atoms with Crippen LogP contribution >= 0.6 is 0 Å². The monoisotopic (exact) mass is 211 g/mol. The summed E-state index contributed by atoms with van der Waals surface area (Å²) in [5, 5.41) is 10.1. The Morgan fingerprint density at radius 3 is 2.13 bits per heavy atom. The van der Waals surface area contributed by atoms with Crippen molar-refractivity contribution >= 4 is 17.3 Å². The van der Waals surface area contributed by atoms with E-state index >= 15 is 0 Å². The third-order valence-corrected chi connectivity index (χ3v) is 1.39. The second-order valence-electron chi connectivity index (χ2n) is 2.46. The number of nitrogens with zero attached hydrogens (tertiary/aromatic N) is 2. The molecule has 1 aromatic rings. The minimum Gasteiger partial charge on any atom is -0.393 e. The molecule has 15 heavy (non-hydrogen) atoms. The third kappa shape index (κ3) is 5.09. The smallest absolute Gasteiger partial charge is 0.292 e. The summed E-state index contributed by atoms with van der Waals surface area (Å²) in [4.78, 5) is 13.0. The summed E-state index contributed by atoms with van der Waals surface area (Å²) in [6, 6.07) is 6.10. The van der Waals surface area contributed by atoms with Crippen LogP contribution in [0.15, 0.2) is 29.3 Å². The molecule has 0 aromatic heterocycles. The van der Waals surface area contributed by atoms with Gasteiger partial charge in [-0.15, -0.1) is 0 Å². The van der Waals surface area contributed by atoms with Crippen molar-refractivity contribution in [3.63, 3.8) is 0 Å². The SMILES string of the molecule is CN=C(N)N.Nc1ccccc1[N+](=O)[O-]. The lowest BCUT2D eigenvalue weighted by atomic mass is 10.3. The second-order valence-corrected chi connectivity index (χ2v) is 2.46. The van der Waals surface area contributed by atoms with Crippen molar-refractivity contribution in [1.82, 2.24) is 0 Å². The van der Waals surface area contributed by atoms with Crippen LogP contribution in [0.3, 0.4) is 0 Å². The average molecular weight is 211 g/mol. The van der Waals surface area contributed by atoms with Crippen molar-refractivity contribution in [1.29, 1.82) is 0 Å². The molecule has 0 saturated carbocycles. The van der Waals surface area contributed by atoms with Crippen LogP contribution in [-0.4, -0.2) is 17.9 Å². The van der Waals surface area contributed by atoms with Crippen molar-refractivity contribution in [2.75, 3.05) is 12.8 Å². The van der Waals surface area contributed by atoms with Gasteiger partial charge >= 0.3 is 0 Å². The van der Waals surface area contributed by atoms with Crippen molar-refractivity contribution < 1.29 is 4.92 Å². The zero-order valence-corrected chi connectivity index (χ0v) is 8.25. The third-order valence-electron chi connectivity index (χ3n) is 1.39. The molecule has 0 spiro atoms. The molecule has 0 atom stereocenters. The van der Waals surface area contributed by atoms with Crippen molar-refractivity contribution in [2.45, 2.75) is 0 Å². The Hall–Kier alpha value is -2.31. The number of para-hydroxylation sites is 2. The van der Waals surface area contributed by atoms with Crippen LogP contribution in [0.5, 0.6) is 0 Å². The summed E-state index contributed by atoms with van der Waals surface area (Å²) in [6.45, 7) is 0. The summed E-state index contributed by atoms with van der Waals surface area (Å²) >= 11 is 0. The largest absolute Gasteiger partial charge is 0.393 e. The van der Waals surface area contributed by atoms with E-state index in [1.807, 2.05) is 0 Å². The first-order chi connectivity index (χ1) is 6.99. The van der Waals surface area contributed by atoms with Crippen LogP contribution in [0.2, 0.25) is 0 Å². The topological polar surface area (TPSA) is 134 Å². The number of guanidine groups is 1. The number of rotatable bonds is 1. The normalized spacial score (nSPS) is 8.33. The first-order valence-electron chi connectivity index (χ1n) is 3.95. The molecule has 0 unspecified atom stereocenters. The van der Waals surface area contributed by atoms with Crippen LogP contribution in [0.1, 0.15) is 0 Å². The Labute approximate surface area is 86.7 Å². The molecule has 0 radical (unpaired) electrons. The minimum atomic E-state index is -0.505. The molecule has 0 heterocycles. The number of nitro benzene ring substituents is 1. The number of nitrogen functional groups attached to an aromatic ring is 1. The molecule has 1 rings (SSSR count). The molecule has 1 aromatic carbocycles. The van der Waals surface area contributed by atoms with Gasteiger partial charge in [-0.05, 0) is 6.07 Å². The van der Waals surface area contributed by atoms with Gasteiger partial charge in [0, 0.05) is 13.1 Å². The second kappa shape index (κ2) is 6.19. The summed E-state index contributed by atoms with van der Waals surface area (Å²) in [5.41, 5.74) is 15.1. The highest BCUT2D eigenvalue weighted by atomic mass is 16.6. The quantitative estimate of drug-likeness (QED) is 0.198. The Morgan fingerprint density at radius 1 is 1.40 bits per heavy atom. The van der Waals surface area contributed by atoms with E-state index in [2.05, 4.69) is 4.99 Å². The Balaban J connectivity index is 0.000000336. The van der Waals surface area contributed by atoms with Gasteiger partial charge in [0.1, 0.15) is 5.69 Å². The average Bonchev–Trinajstić information content (AvgIpc) is 2.19. The maximum atomic E-state index is 10.1.